The van der Waals surface area contributed by atoms with Crippen LogP contribution in [0.25, 0.3) is 11.2 Å². The Hall–Kier alpha value is -3.71. The smallest absolute Gasteiger partial charge is 0.390 e. The highest BCUT2D eigenvalue weighted by molar-refractivity contribution is 7.66. The lowest BCUT2D eigenvalue weighted by Gasteiger charge is -2.19. The van der Waals surface area contributed by atoms with Crippen LogP contribution in [0.4, 0.5) is 11.5 Å². The number of amides is 1. The van der Waals surface area contributed by atoms with Crippen LogP contribution < -0.4 is 16.4 Å². The molecular weight excluding hydrogens is 769 g/mol. The molecule has 2 aromatic heterocycles. The third kappa shape index (κ3) is 12.4. The number of carbonyl (C=O) groups is 1. The van der Waals surface area contributed by atoms with Crippen molar-refractivity contribution in [2.75, 3.05) is 25.0 Å². The van der Waals surface area contributed by atoms with Gasteiger partial charge in [0.05, 0.1) is 42.1 Å². The molecule has 53 heavy (non-hydrogen) atoms. The van der Waals surface area contributed by atoms with Crippen molar-refractivity contribution in [3.8, 4) is 11.8 Å². The van der Waals surface area contributed by atoms with E-state index >= 15 is 0 Å². The number of phosphoric acid groups is 3. The summed E-state index contributed by atoms with van der Waals surface area (Å²) in [6, 6.07) is 3.80. The van der Waals surface area contributed by atoms with Crippen molar-refractivity contribution >= 4 is 52.0 Å². The van der Waals surface area contributed by atoms with E-state index in [-0.39, 0.29) is 41.5 Å². The molecule has 1 amide bonds. The van der Waals surface area contributed by atoms with Gasteiger partial charge in [-0.05, 0) is 38.4 Å². The fourth-order valence-electron chi connectivity index (χ4n) is 5.09. The van der Waals surface area contributed by atoms with Crippen LogP contribution >= 0.6 is 23.5 Å². The Bertz CT molecular complexity index is 2000. The van der Waals surface area contributed by atoms with Gasteiger partial charge in [0.2, 0.25) is 5.91 Å². The summed E-state index contributed by atoms with van der Waals surface area (Å²) in [4.78, 5) is 72.5. The number of carbonyl (C=O) groups excluding carboxylic acids is 1. The molecule has 3 heterocycles. The minimum absolute atomic E-state index is 0.0765. The number of ether oxygens (including phenoxy) is 1. The molecule has 0 bridgehead atoms. The summed E-state index contributed by atoms with van der Waals surface area (Å²) in [7, 11) is -16.8. The highest BCUT2D eigenvalue weighted by atomic mass is 31.3. The van der Waals surface area contributed by atoms with E-state index in [2.05, 4.69) is 50.6 Å². The third-order valence-corrected chi connectivity index (χ3v) is 11.3. The van der Waals surface area contributed by atoms with Gasteiger partial charge in [0.25, 0.3) is 5.69 Å². The van der Waals surface area contributed by atoms with E-state index in [4.69, 9.17) is 20.3 Å². The van der Waals surface area contributed by atoms with Crippen LogP contribution in [0.15, 0.2) is 30.9 Å². The summed E-state index contributed by atoms with van der Waals surface area (Å²) in [5.74, 6) is 5.66. The number of imidazole rings is 1. The number of unbranched alkanes of at least 4 members (excludes halogenated alkanes) is 2. The average Bonchev–Trinajstić information content (AvgIpc) is 3.66. The predicted molar refractivity (Wildman–Crippen MR) is 182 cm³/mol. The second-order valence-corrected chi connectivity index (χ2v) is 15.9. The predicted octanol–water partition coefficient (Wildman–Crippen LogP) is 1.89. The number of nitrogens with zero attached hydrogens (tertiary/aromatic N) is 5. The normalized spacial score (nSPS) is 20.2. The molecule has 1 fully saturated rings. The van der Waals surface area contributed by atoms with Gasteiger partial charge >= 0.3 is 23.5 Å². The van der Waals surface area contributed by atoms with Crippen LogP contribution in [0.2, 0.25) is 0 Å². The van der Waals surface area contributed by atoms with Gasteiger partial charge in [0.15, 0.2) is 17.0 Å². The van der Waals surface area contributed by atoms with Gasteiger partial charge in [-0.15, -0.1) is 0 Å². The Morgan fingerprint density at radius 1 is 1.15 bits per heavy atom. The molecule has 9 N–H and O–H groups in total. The Labute approximate surface area is 300 Å². The number of phosphoric ester groups is 1. The molecule has 4 rings (SSSR count). The first-order valence-electron chi connectivity index (χ1n) is 15.7. The van der Waals surface area contributed by atoms with E-state index in [0.717, 1.165) is 19.3 Å². The van der Waals surface area contributed by atoms with Crippen LogP contribution in [0.3, 0.4) is 0 Å². The summed E-state index contributed by atoms with van der Waals surface area (Å²) >= 11 is 0. The first kappa shape index (κ1) is 42.0. The van der Waals surface area contributed by atoms with Crippen molar-refractivity contribution in [3.05, 3.63) is 52.1 Å². The van der Waals surface area contributed by atoms with Gasteiger partial charge in [-0.2, -0.15) is 8.62 Å². The summed E-state index contributed by atoms with van der Waals surface area (Å²) in [5.41, 5.74) is 6.34. The number of nitro groups is 1. The van der Waals surface area contributed by atoms with Gasteiger partial charge in [-0.1, -0.05) is 18.3 Å². The van der Waals surface area contributed by atoms with E-state index in [1.54, 1.807) is 19.1 Å². The van der Waals surface area contributed by atoms with Crippen LogP contribution in [-0.4, -0.2) is 86.9 Å². The molecule has 1 aliphatic heterocycles. The van der Waals surface area contributed by atoms with E-state index in [9.17, 15) is 43.5 Å². The van der Waals surface area contributed by atoms with Crippen molar-refractivity contribution in [2.24, 2.45) is 5.73 Å². The number of aliphatic hydroxyl groups excluding tert-OH is 1. The Kier molecular flexibility index (Phi) is 14.3. The average molecular weight is 807 g/mol. The maximum absolute atomic E-state index is 12.1. The number of fused-ring (bicyclic) bond motifs is 1. The number of rotatable bonds is 18. The Morgan fingerprint density at radius 2 is 1.91 bits per heavy atom. The fourth-order valence-corrected chi connectivity index (χ4v) is 8.12. The molecule has 3 unspecified atom stereocenters. The van der Waals surface area contributed by atoms with Crippen LogP contribution in [0.1, 0.15) is 62.4 Å². The largest absolute Gasteiger partial charge is 0.490 e. The molecule has 6 atom stereocenters. The van der Waals surface area contributed by atoms with Gasteiger partial charge < -0.3 is 45.8 Å². The number of hydrogen-bond acceptors (Lipinski definition) is 16. The van der Waals surface area contributed by atoms with E-state index in [1.807, 2.05) is 0 Å². The molecule has 0 aliphatic carbocycles. The van der Waals surface area contributed by atoms with Crippen LogP contribution in [0, 0.1) is 22.0 Å². The van der Waals surface area contributed by atoms with Crippen molar-refractivity contribution in [1.82, 2.24) is 24.8 Å². The zero-order valence-corrected chi connectivity index (χ0v) is 30.5. The molecule has 3 aromatic rings. The SMILES string of the molecule is CC(Nc1ncnc2c1ncn2[C@H]1C[C@@H](O)[C@@H](COP(=O)(O)OP(=O)(O)OP(=O)(O)O)O1)c1ccc(C#CCNC(=O)CCCCCN)cc1[N+](=O)[O-]. The van der Waals surface area contributed by atoms with Gasteiger partial charge in [0.1, 0.15) is 18.7 Å². The zero-order chi connectivity index (χ0) is 39.0. The molecule has 1 aromatic carbocycles. The Balaban J connectivity index is 1.40. The minimum Gasteiger partial charge on any atom is -0.390 e. The van der Waals surface area contributed by atoms with Crippen molar-refractivity contribution in [1.29, 1.82) is 0 Å². The molecule has 1 aliphatic rings. The number of nitrogens with two attached hydrogens (primary N) is 1. The number of benzene rings is 1. The quantitative estimate of drug-likeness (QED) is 0.0299. The monoisotopic (exact) mass is 806 g/mol. The minimum atomic E-state index is -5.74. The summed E-state index contributed by atoms with van der Waals surface area (Å²) < 4.78 is 53.5. The lowest BCUT2D eigenvalue weighted by Crippen LogP contribution is -2.26. The van der Waals surface area contributed by atoms with Crippen molar-refractivity contribution in [2.45, 2.75) is 63.5 Å². The van der Waals surface area contributed by atoms with E-state index in [1.165, 1.54) is 23.3 Å². The molecule has 0 spiro atoms. The Morgan fingerprint density at radius 3 is 2.60 bits per heavy atom. The molecular formula is C27H37N8O15P3. The molecule has 290 valence electrons. The highest BCUT2D eigenvalue weighted by Gasteiger charge is 2.43. The van der Waals surface area contributed by atoms with Gasteiger partial charge in [-0.25, -0.2) is 28.6 Å². The standard InChI is InChI=1S/C27H37N8O15P3/c1-17(19-9-8-18(12-20(19)35(38)39)6-5-11-29-23(37)7-3-2-4-10-28)33-26-25-27(31-15-30-26)34(16-32-25)24-13-21(36)22(48-24)14-47-52(43,44)50-53(45,46)49-51(40,41)42/h8-9,12,15-17,21-22,24,36H,2-4,7,10-11,13-14,28H2,1H3,(H,29,37)(H,43,44)(H,45,46)(H,30,31,33)(H2,40,41,42)/t17?,21-,22-,24-/m1/s1. The topological polar surface area (TPSA) is 343 Å². The fraction of sp³-hybridized carbons (Fsp3) is 0.481. The number of anilines is 1. The van der Waals surface area contributed by atoms with Gasteiger partial charge in [-0.3, -0.25) is 24.0 Å². The molecule has 26 heteroatoms. The zero-order valence-electron chi connectivity index (χ0n) is 27.8. The van der Waals surface area contributed by atoms with Crippen molar-refractivity contribution in [3.63, 3.8) is 0 Å². The third-order valence-electron chi connectivity index (χ3n) is 7.45. The number of nitrogens with one attached hydrogen (secondary N) is 2. The maximum atomic E-state index is 12.1. The molecule has 23 nitrogen and oxygen atoms in total. The summed E-state index contributed by atoms with van der Waals surface area (Å²) in [6.45, 7) is 1.44. The lowest BCUT2D eigenvalue weighted by molar-refractivity contribution is -0.385. The lowest BCUT2D eigenvalue weighted by atomic mass is 10.0. The molecule has 0 saturated carbocycles. The van der Waals surface area contributed by atoms with Crippen LogP contribution in [-0.2, 0) is 36.4 Å². The van der Waals surface area contributed by atoms with Crippen LogP contribution in [0.5, 0.6) is 0 Å². The number of nitro benzene ring substituents is 1. The highest BCUT2D eigenvalue weighted by Crippen LogP contribution is 2.66. The number of hydrogen-bond donors (Lipinski definition) is 8. The van der Waals surface area contributed by atoms with Crippen molar-refractivity contribution < 1.29 is 66.0 Å². The molecule has 1 saturated heterocycles. The maximum Gasteiger partial charge on any atom is 0.490 e. The second-order valence-electron chi connectivity index (χ2n) is 11.4. The molecule has 0 radical (unpaired) electrons. The first-order chi connectivity index (χ1) is 24.9. The summed E-state index contributed by atoms with van der Waals surface area (Å²) in [5, 5.41) is 28.3. The first-order valence-corrected chi connectivity index (χ1v) is 20.2. The van der Waals surface area contributed by atoms with E-state index in [0.29, 0.717) is 24.1 Å². The summed E-state index contributed by atoms with van der Waals surface area (Å²) in [6.07, 6.45) is 1.60. The number of aliphatic hydroxyl groups is 1. The van der Waals surface area contributed by atoms with E-state index < -0.39 is 59.5 Å². The van der Waals surface area contributed by atoms with Gasteiger partial charge in [0, 0.05) is 24.5 Å². The number of aromatic nitrogens is 4. The second kappa shape index (κ2) is 18.1.